The van der Waals surface area contributed by atoms with Crippen molar-refractivity contribution in [2.24, 2.45) is 0 Å². The van der Waals surface area contributed by atoms with Gasteiger partial charge in [0, 0.05) is 17.9 Å². The zero-order valence-electron chi connectivity index (χ0n) is 14.7. The number of aryl methyl sites for hydroxylation is 2. The number of benzene rings is 1. The van der Waals surface area contributed by atoms with Gasteiger partial charge in [-0.15, -0.1) is 6.58 Å². The lowest BCUT2D eigenvalue weighted by Crippen LogP contribution is -2.18. The summed E-state index contributed by atoms with van der Waals surface area (Å²) in [6.45, 7) is 12.2. The first-order chi connectivity index (χ1) is 11.4. The Kier molecular flexibility index (Phi) is 5.68. The van der Waals surface area contributed by atoms with Gasteiger partial charge in [0.15, 0.2) is 0 Å². The summed E-state index contributed by atoms with van der Waals surface area (Å²) < 4.78 is 0. The van der Waals surface area contributed by atoms with Crippen LogP contribution in [0.2, 0.25) is 0 Å². The zero-order valence-corrected chi connectivity index (χ0v) is 14.7. The van der Waals surface area contributed by atoms with Crippen molar-refractivity contribution in [1.82, 2.24) is 9.97 Å². The summed E-state index contributed by atoms with van der Waals surface area (Å²) in [5.74, 6) is 0.504. The highest BCUT2D eigenvalue weighted by Crippen LogP contribution is 2.27. The molecule has 0 unspecified atom stereocenters. The van der Waals surface area contributed by atoms with Crippen LogP contribution in [-0.2, 0) is 0 Å². The summed E-state index contributed by atoms with van der Waals surface area (Å²) in [7, 11) is 0. The molecule has 1 heterocycles. The fourth-order valence-corrected chi connectivity index (χ4v) is 2.45. The van der Waals surface area contributed by atoms with Gasteiger partial charge in [-0.2, -0.15) is 0 Å². The van der Waals surface area contributed by atoms with E-state index in [1.54, 1.807) is 12.1 Å². The van der Waals surface area contributed by atoms with Crippen LogP contribution in [-0.4, -0.2) is 22.4 Å². The number of carbonyl (C=O) groups is 1. The molecule has 2 rings (SSSR count). The van der Waals surface area contributed by atoms with Crippen LogP contribution in [0.25, 0.3) is 0 Å². The standard InChI is InChI=1S/C19H24N4O/c1-6-10-20-19-21-14(5)11-16(22-19)18(24)23-17-13(4)8-7-9-15(17)12(2)3/h6-9,11-12H,1,10H2,2-5H3,(H,23,24)(H,20,21,22). The minimum Gasteiger partial charge on any atom is -0.351 e. The molecule has 2 N–H and O–H groups in total. The molecule has 0 aliphatic heterocycles. The molecule has 0 radical (unpaired) electrons. The molecule has 0 aliphatic rings. The monoisotopic (exact) mass is 324 g/mol. The number of hydrogen-bond acceptors (Lipinski definition) is 4. The van der Waals surface area contributed by atoms with E-state index < -0.39 is 0 Å². The maximum absolute atomic E-state index is 12.7. The Morgan fingerprint density at radius 2 is 2.04 bits per heavy atom. The zero-order chi connectivity index (χ0) is 17.7. The highest BCUT2D eigenvalue weighted by Gasteiger charge is 2.15. The SMILES string of the molecule is C=CCNc1nc(C)cc(C(=O)Nc2c(C)cccc2C(C)C)n1. The Hall–Kier alpha value is -2.69. The summed E-state index contributed by atoms with van der Waals surface area (Å²) in [6, 6.07) is 7.72. The van der Waals surface area contributed by atoms with Crippen LogP contribution in [0.3, 0.4) is 0 Å². The molecule has 126 valence electrons. The topological polar surface area (TPSA) is 66.9 Å². The van der Waals surface area contributed by atoms with Crippen molar-refractivity contribution in [2.45, 2.75) is 33.6 Å². The van der Waals surface area contributed by atoms with E-state index in [1.165, 1.54) is 0 Å². The smallest absolute Gasteiger partial charge is 0.274 e. The summed E-state index contributed by atoms with van der Waals surface area (Å²) in [5, 5.41) is 6.02. The molecule has 0 fully saturated rings. The maximum atomic E-state index is 12.7. The molecular weight excluding hydrogens is 300 g/mol. The summed E-state index contributed by atoms with van der Waals surface area (Å²) in [5.41, 5.74) is 4.07. The predicted molar refractivity (Wildman–Crippen MR) is 98.7 cm³/mol. The summed E-state index contributed by atoms with van der Waals surface area (Å²) >= 11 is 0. The van der Waals surface area contributed by atoms with Gasteiger partial charge >= 0.3 is 0 Å². The van der Waals surface area contributed by atoms with Crippen LogP contribution >= 0.6 is 0 Å². The van der Waals surface area contributed by atoms with Crippen molar-refractivity contribution in [3.63, 3.8) is 0 Å². The fraction of sp³-hybridized carbons (Fsp3) is 0.316. The highest BCUT2D eigenvalue weighted by atomic mass is 16.1. The van der Waals surface area contributed by atoms with E-state index in [4.69, 9.17) is 0 Å². The molecule has 0 saturated heterocycles. The molecule has 1 amide bonds. The third kappa shape index (κ3) is 4.19. The predicted octanol–water partition coefficient (Wildman–Crippen LogP) is 4.07. The average molecular weight is 324 g/mol. The van der Waals surface area contributed by atoms with E-state index in [2.05, 4.69) is 41.0 Å². The number of aromatic nitrogens is 2. The van der Waals surface area contributed by atoms with E-state index >= 15 is 0 Å². The average Bonchev–Trinajstić information content (AvgIpc) is 2.54. The molecule has 2 aromatic rings. The quantitative estimate of drug-likeness (QED) is 0.786. The number of anilines is 2. The first kappa shape index (κ1) is 17.7. The van der Waals surface area contributed by atoms with E-state index in [0.717, 1.165) is 22.5 Å². The molecule has 5 heteroatoms. The van der Waals surface area contributed by atoms with E-state index in [0.29, 0.717) is 24.1 Å². The van der Waals surface area contributed by atoms with E-state index in [9.17, 15) is 4.79 Å². The Bertz CT molecular complexity index is 753. The lowest BCUT2D eigenvalue weighted by molar-refractivity contribution is 0.102. The third-order valence-corrected chi connectivity index (χ3v) is 3.66. The van der Waals surface area contributed by atoms with Gasteiger partial charge < -0.3 is 10.6 Å². The normalized spacial score (nSPS) is 10.5. The van der Waals surface area contributed by atoms with Gasteiger partial charge in [-0.1, -0.05) is 38.1 Å². The Morgan fingerprint density at radius 1 is 1.29 bits per heavy atom. The van der Waals surface area contributed by atoms with Crippen LogP contribution in [0.4, 0.5) is 11.6 Å². The van der Waals surface area contributed by atoms with Crippen molar-refractivity contribution >= 4 is 17.5 Å². The first-order valence-electron chi connectivity index (χ1n) is 8.03. The number of nitrogens with one attached hydrogen (secondary N) is 2. The number of amides is 1. The second kappa shape index (κ2) is 7.73. The molecule has 1 aromatic carbocycles. The van der Waals surface area contributed by atoms with Gasteiger partial charge in [-0.25, -0.2) is 9.97 Å². The molecule has 0 bridgehead atoms. The molecule has 0 saturated carbocycles. The van der Waals surface area contributed by atoms with Crippen LogP contribution < -0.4 is 10.6 Å². The van der Waals surface area contributed by atoms with Crippen molar-refractivity contribution in [3.05, 3.63) is 59.4 Å². The van der Waals surface area contributed by atoms with Crippen LogP contribution in [0.15, 0.2) is 36.9 Å². The van der Waals surface area contributed by atoms with E-state index in [1.807, 2.05) is 32.0 Å². The molecular formula is C19H24N4O. The molecule has 0 atom stereocenters. The Balaban J connectivity index is 2.31. The van der Waals surface area contributed by atoms with Gasteiger partial charge in [-0.3, -0.25) is 4.79 Å². The summed E-state index contributed by atoms with van der Waals surface area (Å²) in [6.07, 6.45) is 1.72. The number of carbonyl (C=O) groups excluding carboxylic acids is 1. The van der Waals surface area contributed by atoms with Crippen LogP contribution in [0.5, 0.6) is 0 Å². The molecule has 0 spiro atoms. The second-order valence-corrected chi connectivity index (χ2v) is 6.04. The summed E-state index contributed by atoms with van der Waals surface area (Å²) in [4.78, 5) is 21.2. The number of para-hydroxylation sites is 1. The van der Waals surface area contributed by atoms with Gasteiger partial charge in [0.2, 0.25) is 5.95 Å². The van der Waals surface area contributed by atoms with Crippen LogP contribution in [0, 0.1) is 13.8 Å². The lowest BCUT2D eigenvalue weighted by Gasteiger charge is -2.16. The van der Waals surface area contributed by atoms with Gasteiger partial charge in [0.25, 0.3) is 5.91 Å². The number of hydrogen-bond donors (Lipinski definition) is 2. The highest BCUT2D eigenvalue weighted by molar-refractivity contribution is 6.04. The van der Waals surface area contributed by atoms with Crippen molar-refractivity contribution in [2.75, 3.05) is 17.2 Å². The molecule has 0 aliphatic carbocycles. The van der Waals surface area contributed by atoms with Crippen molar-refractivity contribution in [1.29, 1.82) is 0 Å². The second-order valence-electron chi connectivity index (χ2n) is 6.04. The van der Waals surface area contributed by atoms with Crippen LogP contribution in [0.1, 0.15) is 47.1 Å². The Morgan fingerprint density at radius 3 is 2.71 bits per heavy atom. The molecule has 1 aromatic heterocycles. The minimum absolute atomic E-state index is 0.238. The first-order valence-corrected chi connectivity index (χ1v) is 8.03. The van der Waals surface area contributed by atoms with Gasteiger partial charge in [-0.05, 0) is 37.0 Å². The Labute approximate surface area is 143 Å². The van der Waals surface area contributed by atoms with Crippen molar-refractivity contribution in [3.8, 4) is 0 Å². The largest absolute Gasteiger partial charge is 0.351 e. The molecule has 24 heavy (non-hydrogen) atoms. The number of rotatable bonds is 6. The third-order valence-electron chi connectivity index (χ3n) is 3.66. The van der Waals surface area contributed by atoms with Crippen molar-refractivity contribution < 1.29 is 4.79 Å². The minimum atomic E-state index is -0.238. The maximum Gasteiger partial charge on any atom is 0.274 e. The van der Waals surface area contributed by atoms with Gasteiger partial charge in [0.1, 0.15) is 5.69 Å². The van der Waals surface area contributed by atoms with E-state index in [-0.39, 0.29) is 5.91 Å². The van der Waals surface area contributed by atoms with Gasteiger partial charge in [0.05, 0.1) is 0 Å². The number of nitrogens with zero attached hydrogens (tertiary/aromatic N) is 2. The molecule has 5 nitrogen and oxygen atoms in total. The fourth-order valence-electron chi connectivity index (χ4n) is 2.45. The lowest BCUT2D eigenvalue weighted by atomic mass is 9.98.